The third-order valence-electron chi connectivity index (χ3n) is 3.70. The van der Waals surface area contributed by atoms with E-state index in [0.29, 0.717) is 16.8 Å². The summed E-state index contributed by atoms with van der Waals surface area (Å²) in [4.78, 5) is 20.9. The number of oxazole rings is 1. The molecule has 0 radical (unpaired) electrons. The van der Waals surface area contributed by atoms with E-state index in [1.165, 1.54) is 11.3 Å². The summed E-state index contributed by atoms with van der Waals surface area (Å²) < 4.78 is 6.60. The summed E-state index contributed by atoms with van der Waals surface area (Å²) in [5.41, 5.74) is 0.988. The molecule has 0 saturated heterocycles. The molecule has 0 aliphatic heterocycles. The molecule has 3 aromatic rings. The lowest BCUT2D eigenvalue weighted by molar-refractivity contribution is -0.117. The number of aryl methyl sites for hydroxylation is 1. The molecule has 1 aromatic carbocycles. The van der Waals surface area contributed by atoms with Crippen molar-refractivity contribution >= 4 is 34.1 Å². The first-order valence-corrected chi connectivity index (χ1v) is 9.84. The average Bonchev–Trinajstić information content (AvgIpc) is 3.29. The number of thiazole rings is 1. The Morgan fingerprint density at radius 3 is 2.80 bits per heavy atom. The second-order valence-corrected chi connectivity index (χ2v) is 7.77. The van der Waals surface area contributed by atoms with Gasteiger partial charge < -0.3 is 9.73 Å². The Labute approximate surface area is 154 Å². The van der Waals surface area contributed by atoms with Crippen LogP contribution in [0.5, 0.6) is 0 Å². The molecule has 0 fully saturated rings. The van der Waals surface area contributed by atoms with E-state index in [9.17, 15) is 4.79 Å². The van der Waals surface area contributed by atoms with Crippen molar-refractivity contribution in [2.45, 2.75) is 36.1 Å². The monoisotopic (exact) mass is 373 g/mol. The minimum atomic E-state index is -0.221. The molecular weight excluding hydrogens is 354 g/mol. The van der Waals surface area contributed by atoms with E-state index >= 15 is 0 Å². The summed E-state index contributed by atoms with van der Waals surface area (Å²) in [7, 11) is 0. The molecule has 130 valence electrons. The Morgan fingerprint density at radius 2 is 2.08 bits per heavy atom. The Kier molecular flexibility index (Phi) is 5.88. The number of nitrogens with zero attached hydrogens (tertiary/aromatic N) is 2. The molecule has 1 N–H and O–H groups in total. The van der Waals surface area contributed by atoms with Gasteiger partial charge in [-0.1, -0.05) is 48.6 Å². The molecule has 2 aromatic heterocycles. The number of anilines is 1. The van der Waals surface area contributed by atoms with Gasteiger partial charge in [-0.15, -0.1) is 11.8 Å². The number of hydrogen-bond acceptors (Lipinski definition) is 6. The van der Waals surface area contributed by atoms with Gasteiger partial charge in [0.1, 0.15) is 5.76 Å². The molecule has 0 bridgehead atoms. The van der Waals surface area contributed by atoms with E-state index in [2.05, 4.69) is 15.3 Å². The molecule has 5 nitrogen and oxygen atoms in total. The van der Waals surface area contributed by atoms with E-state index in [4.69, 9.17) is 4.42 Å². The standard InChI is InChI=1S/C18H19N3O2S2/c1-3-14-9-19-15(23-14)11-24-16-10-20-18(25-16)21-17(22)12(2)13-7-5-4-6-8-13/h4-10,12H,3,11H2,1-2H3,(H,20,21,22)/t12-/m0/s1. The van der Waals surface area contributed by atoms with Crippen molar-refractivity contribution in [3.63, 3.8) is 0 Å². The van der Waals surface area contributed by atoms with Gasteiger partial charge in [-0.2, -0.15) is 0 Å². The predicted molar refractivity (Wildman–Crippen MR) is 101 cm³/mol. The Morgan fingerprint density at radius 1 is 1.28 bits per heavy atom. The second-order valence-electron chi connectivity index (χ2n) is 5.47. The number of amides is 1. The van der Waals surface area contributed by atoms with Crippen LogP contribution in [-0.4, -0.2) is 15.9 Å². The summed E-state index contributed by atoms with van der Waals surface area (Å²) in [6, 6.07) is 9.71. The smallest absolute Gasteiger partial charge is 0.233 e. The van der Waals surface area contributed by atoms with Crippen LogP contribution in [0.3, 0.4) is 0 Å². The van der Waals surface area contributed by atoms with Crippen LogP contribution >= 0.6 is 23.1 Å². The summed E-state index contributed by atoms with van der Waals surface area (Å²) in [5, 5.41) is 3.50. The highest BCUT2D eigenvalue weighted by molar-refractivity contribution is 8.00. The zero-order valence-electron chi connectivity index (χ0n) is 14.1. The minimum absolute atomic E-state index is 0.0580. The van der Waals surface area contributed by atoms with Crippen molar-refractivity contribution in [1.82, 2.24) is 9.97 Å². The molecule has 1 atom stereocenters. The Bertz CT molecular complexity index is 830. The van der Waals surface area contributed by atoms with Crippen molar-refractivity contribution in [2.24, 2.45) is 0 Å². The normalized spacial score (nSPS) is 12.1. The number of carbonyl (C=O) groups is 1. The van der Waals surface area contributed by atoms with Crippen LogP contribution in [-0.2, 0) is 17.0 Å². The molecule has 25 heavy (non-hydrogen) atoms. The highest BCUT2D eigenvalue weighted by Crippen LogP contribution is 2.31. The maximum absolute atomic E-state index is 12.4. The zero-order valence-corrected chi connectivity index (χ0v) is 15.7. The average molecular weight is 374 g/mol. The van der Waals surface area contributed by atoms with Crippen molar-refractivity contribution in [3.8, 4) is 0 Å². The number of hydrogen-bond donors (Lipinski definition) is 1. The highest BCUT2D eigenvalue weighted by Gasteiger charge is 2.16. The van der Waals surface area contributed by atoms with Gasteiger partial charge in [0.05, 0.1) is 28.3 Å². The molecule has 0 spiro atoms. The fourth-order valence-electron chi connectivity index (χ4n) is 2.20. The first-order valence-electron chi connectivity index (χ1n) is 8.03. The molecule has 0 saturated carbocycles. The van der Waals surface area contributed by atoms with Gasteiger partial charge in [-0.25, -0.2) is 9.97 Å². The lowest BCUT2D eigenvalue weighted by Gasteiger charge is -2.10. The third kappa shape index (κ3) is 4.70. The van der Waals surface area contributed by atoms with Gasteiger partial charge in [-0.05, 0) is 12.5 Å². The maximum atomic E-state index is 12.4. The second kappa shape index (κ2) is 8.31. The van der Waals surface area contributed by atoms with Crippen molar-refractivity contribution in [2.75, 3.05) is 5.32 Å². The van der Waals surface area contributed by atoms with Crippen LogP contribution in [0.25, 0.3) is 0 Å². The number of benzene rings is 1. The molecule has 3 rings (SSSR count). The molecule has 0 aliphatic carbocycles. The third-order valence-corrected chi connectivity index (χ3v) is 5.79. The first kappa shape index (κ1) is 17.7. The topological polar surface area (TPSA) is 68.0 Å². The van der Waals surface area contributed by atoms with Crippen molar-refractivity contribution < 1.29 is 9.21 Å². The molecule has 0 unspecified atom stereocenters. The van der Waals surface area contributed by atoms with Crippen molar-refractivity contribution in [3.05, 3.63) is 59.9 Å². The van der Waals surface area contributed by atoms with Crippen LogP contribution in [0, 0.1) is 0 Å². The zero-order chi connectivity index (χ0) is 17.6. The molecule has 2 heterocycles. The number of aromatic nitrogens is 2. The molecule has 7 heteroatoms. The van der Waals surface area contributed by atoms with E-state index in [1.54, 1.807) is 24.2 Å². The predicted octanol–water partition coefficient (Wildman–Crippen LogP) is 4.73. The van der Waals surface area contributed by atoms with Gasteiger partial charge in [0.2, 0.25) is 11.8 Å². The highest BCUT2D eigenvalue weighted by atomic mass is 32.2. The van der Waals surface area contributed by atoms with Crippen LogP contribution in [0.2, 0.25) is 0 Å². The number of carbonyl (C=O) groups excluding carboxylic acids is 1. The van der Waals surface area contributed by atoms with E-state index in [1.807, 2.05) is 44.2 Å². The van der Waals surface area contributed by atoms with Gasteiger partial charge in [0.25, 0.3) is 0 Å². The molecule has 1 amide bonds. The summed E-state index contributed by atoms with van der Waals surface area (Å²) in [6.07, 6.45) is 4.37. The Balaban J connectivity index is 1.55. The number of thioether (sulfide) groups is 1. The van der Waals surface area contributed by atoms with E-state index in [-0.39, 0.29) is 11.8 Å². The largest absolute Gasteiger partial charge is 0.445 e. The number of rotatable bonds is 7. The van der Waals surface area contributed by atoms with Gasteiger partial charge in [0, 0.05) is 6.42 Å². The van der Waals surface area contributed by atoms with Crippen LogP contribution < -0.4 is 5.32 Å². The quantitative estimate of drug-likeness (QED) is 0.607. The number of nitrogens with one attached hydrogen (secondary N) is 1. The van der Waals surface area contributed by atoms with E-state index in [0.717, 1.165) is 22.0 Å². The fourth-order valence-corrected chi connectivity index (χ4v) is 3.93. The van der Waals surface area contributed by atoms with Crippen molar-refractivity contribution in [1.29, 1.82) is 0 Å². The maximum Gasteiger partial charge on any atom is 0.233 e. The minimum Gasteiger partial charge on any atom is -0.445 e. The van der Waals surface area contributed by atoms with Crippen LogP contribution in [0.4, 0.5) is 5.13 Å². The van der Waals surface area contributed by atoms with Crippen LogP contribution in [0.15, 0.2) is 51.4 Å². The Hall–Kier alpha value is -2.12. The lowest BCUT2D eigenvalue weighted by Crippen LogP contribution is -2.18. The van der Waals surface area contributed by atoms with Gasteiger partial charge in [0.15, 0.2) is 5.13 Å². The van der Waals surface area contributed by atoms with E-state index < -0.39 is 0 Å². The fraction of sp³-hybridized carbons (Fsp3) is 0.278. The molecule has 0 aliphatic rings. The first-order chi connectivity index (χ1) is 12.2. The van der Waals surface area contributed by atoms with Crippen LogP contribution in [0.1, 0.15) is 37.0 Å². The molecular formula is C18H19N3O2S2. The lowest BCUT2D eigenvalue weighted by atomic mass is 10.0. The summed E-state index contributed by atoms with van der Waals surface area (Å²) in [6.45, 7) is 3.92. The van der Waals surface area contributed by atoms with Gasteiger partial charge >= 0.3 is 0 Å². The SMILES string of the molecule is CCc1cnc(CSc2cnc(NC(=O)[C@@H](C)c3ccccc3)s2)o1. The van der Waals surface area contributed by atoms with Gasteiger partial charge in [-0.3, -0.25) is 4.79 Å². The summed E-state index contributed by atoms with van der Waals surface area (Å²) >= 11 is 3.05. The summed E-state index contributed by atoms with van der Waals surface area (Å²) in [5.74, 6) is 1.97.